The lowest BCUT2D eigenvalue weighted by Gasteiger charge is -2.00. The summed E-state index contributed by atoms with van der Waals surface area (Å²) in [6.07, 6.45) is 3.23. The molecule has 0 saturated carbocycles. The smallest absolute Gasteiger partial charge is 0.181 e. The molecule has 0 aliphatic rings. The molecule has 0 spiro atoms. The molecular formula is C15H13FO2S. The topological polar surface area (TPSA) is 34.1 Å². The van der Waals surface area contributed by atoms with Crippen molar-refractivity contribution in [1.29, 1.82) is 0 Å². The van der Waals surface area contributed by atoms with E-state index in [2.05, 4.69) is 0 Å². The summed E-state index contributed by atoms with van der Waals surface area (Å²) in [4.78, 5) is 0.304. The third-order valence-corrected chi connectivity index (χ3v) is 4.22. The number of benzene rings is 2. The van der Waals surface area contributed by atoms with Crippen molar-refractivity contribution in [1.82, 2.24) is 0 Å². The highest BCUT2D eigenvalue weighted by Gasteiger charge is 2.10. The van der Waals surface area contributed by atoms with Crippen LogP contribution in [0.15, 0.2) is 65.6 Å². The van der Waals surface area contributed by atoms with Crippen molar-refractivity contribution in [3.8, 4) is 0 Å². The Bertz CT molecular complexity index is 659. The maximum Gasteiger partial charge on any atom is 0.181 e. The van der Waals surface area contributed by atoms with Crippen molar-refractivity contribution >= 4 is 15.9 Å². The Morgan fingerprint density at radius 2 is 1.58 bits per heavy atom. The van der Waals surface area contributed by atoms with Crippen LogP contribution in [-0.2, 0) is 9.84 Å². The van der Waals surface area contributed by atoms with Crippen LogP contribution in [0.1, 0.15) is 5.56 Å². The molecule has 0 bridgehead atoms. The highest BCUT2D eigenvalue weighted by atomic mass is 32.2. The van der Waals surface area contributed by atoms with Crippen LogP contribution in [0.2, 0.25) is 0 Å². The van der Waals surface area contributed by atoms with Gasteiger partial charge in [-0.15, -0.1) is 0 Å². The van der Waals surface area contributed by atoms with E-state index >= 15 is 0 Å². The normalized spacial score (nSPS) is 11.8. The Labute approximate surface area is 112 Å². The minimum absolute atomic E-state index is 0.0750. The van der Waals surface area contributed by atoms with Gasteiger partial charge in [-0.3, -0.25) is 0 Å². The van der Waals surface area contributed by atoms with E-state index in [1.807, 2.05) is 0 Å². The Morgan fingerprint density at radius 1 is 0.947 bits per heavy atom. The highest BCUT2D eigenvalue weighted by Crippen LogP contribution is 2.11. The van der Waals surface area contributed by atoms with Crippen LogP contribution in [0, 0.1) is 5.82 Å². The van der Waals surface area contributed by atoms with Gasteiger partial charge in [-0.05, 0) is 29.8 Å². The second-order valence-corrected chi connectivity index (χ2v) is 6.08. The van der Waals surface area contributed by atoms with Crippen molar-refractivity contribution in [2.45, 2.75) is 4.90 Å². The second kappa shape index (κ2) is 5.80. The fraction of sp³-hybridized carbons (Fsp3) is 0.0667. The molecule has 0 heterocycles. The van der Waals surface area contributed by atoms with E-state index in [-0.39, 0.29) is 11.6 Å². The first kappa shape index (κ1) is 13.5. The van der Waals surface area contributed by atoms with Crippen molar-refractivity contribution in [3.63, 3.8) is 0 Å². The van der Waals surface area contributed by atoms with Gasteiger partial charge in [0.2, 0.25) is 0 Å². The van der Waals surface area contributed by atoms with Crippen LogP contribution < -0.4 is 0 Å². The average Bonchev–Trinajstić information content (AvgIpc) is 2.42. The lowest BCUT2D eigenvalue weighted by molar-refractivity contribution is 0.599. The van der Waals surface area contributed by atoms with E-state index in [1.165, 1.54) is 12.1 Å². The molecule has 0 saturated heterocycles. The number of hydrogen-bond donors (Lipinski definition) is 0. The lowest BCUT2D eigenvalue weighted by atomic mass is 10.2. The van der Waals surface area contributed by atoms with Crippen molar-refractivity contribution < 1.29 is 12.8 Å². The molecule has 0 aromatic heterocycles. The summed E-state index contributed by atoms with van der Waals surface area (Å²) in [7, 11) is -3.30. The quantitative estimate of drug-likeness (QED) is 0.858. The number of sulfone groups is 1. The number of rotatable bonds is 4. The standard InChI is InChI=1S/C15H13FO2S/c16-14-10-8-13(9-11-14)5-4-12-19(17,18)15-6-2-1-3-7-15/h1-11H,12H2/b5-4+. The molecule has 0 fully saturated rings. The number of halogens is 1. The van der Waals surface area contributed by atoms with Crippen LogP contribution in [0.5, 0.6) is 0 Å². The van der Waals surface area contributed by atoms with E-state index < -0.39 is 9.84 Å². The summed E-state index contributed by atoms with van der Waals surface area (Å²) >= 11 is 0. The Morgan fingerprint density at radius 3 is 2.21 bits per heavy atom. The molecule has 2 rings (SSSR count). The van der Waals surface area contributed by atoms with Gasteiger partial charge in [0, 0.05) is 0 Å². The maximum absolute atomic E-state index is 12.7. The van der Waals surface area contributed by atoms with Gasteiger partial charge in [0.05, 0.1) is 10.6 Å². The Hall–Kier alpha value is -1.94. The zero-order valence-electron chi connectivity index (χ0n) is 10.2. The predicted molar refractivity (Wildman–Crippen MR) is 73.9 cm³/mol. The predicted octanol–water partition coefficient (Wildman–Crippen LogP) is 3.31. The molecule has 0 atom stereocenters. The first-order chi connectivity index (χ1) is 9.08. The van der Waals surface area contributed by atoms with E-state index in [4.69, 9.17) is 0 Å². The average molecular weight is 276 g/mol. The summed E-state index contributed by atoms with van der Waals surface area (Å²) in [6, 6.07) is 14.2. The Balaban J connectivity index is 2.08. The van der Waals surface area contributed by atoms with E-state index in [9.17, 15) is 12.8 Å². The van der Waals surface area contributed by atoms with Gasteiger partial charge < -0.3 is 0 Å². The third-order valence-electron chi connectivity index (χ3n) is 2.60. The van der Waals surface area contributed by atoms with Crippen LogP contribution in [-0.4, -0.2) is 14.2 Å². The molecule has 0 N–H and O–H groups in total. The van der Waals surface area contributed by atoms with Gasteiger partial charge in [0.25, 0.3) is 0 Å². The van der Waals surface area contributed by atoms with E-state index in [1.54, 1.807) is 54.6 Å². The van der Waals surface area contributed by atoms with Gasteiger partial charge in [0.15, 0.2) is 9.84 Å². The SMILES string of the molecule is O=S(=O)(C/C=C/c1ccc(F)cc1)c1ccccc1. The van der Waals surface area contributed by atoms with Gasteiger partial charge >= 0.3 is 0 Å². The largest absolute Gasteiger partial charge is 0.223 e. The molecule has 19 heavy (non-hydrogen) atoms. The first-order valence-corrected chi connectivity index (χ1v) is 7.43. The first-order valence-electron chi connectivity index (χ1n) is 5.78. The van der Waals surface area contributed by atoms with Crippen molar-refractivity contribution in [2.75, 3.05) is 5.75 Å². The summed E-state index contributed by atoms with van der Waals surface area (Å²) in [5.74, 6) is -0.386. The number of hydrogen-bond acceptors (Lipinski definition) is 2. The molecular weight excluding hydrogens is 263 g/mol. The van der Waals surface area contributed by atoms with Crippen LogP contribution in [0.3, 0.4) is 0 Å². The monoisotopic (exact) mass is 276 g/mol. The molecule has 2 nitrogen and oxygen atoms in total. The van der Waals surface area contributed by atoms with Crippen LogP contribution in [0.4, 0.5) is 4.39 Å². The van der Waals surface area contributed by atoms with Crippen LogP contribution in [0.25, 0.3) is 6.08 Å². The highest BCUT2D eigenvalue weighted by molar-refractivity contribution is 7.91. The molecule has 2 aromatic carbocycles. The third kappa shape index (κ3) is 3.76. The van der Waals surface area contributed by atoms with Gasteiger partial charge in [-0.2, -0.15) is 0 Å². The fourth-order valence-corrected chi connectivity index (χ4v) is 2.72. The molecule has 2 aromatic rings. The zero-order chi connectivity index (χ0) is 13.7. The Kier molecular flexibility index (Phi) is 4.12. The molecule has 4 heteroatoms. The molecule has 0 unspecified atom stereocenters. The van der Waals surface area contributed by atoms with Crippen molar-refractivity contribution in [2.24, 2.45) is 0 Å². The van der Waals surface area contributed by atoms with Crippen molar-refractivity contribution in [3.05, 3.63) is 72.1 Å². The summed E-state index contributed by atoms with van der Waals surface area (Å²) in [5.41, 5.74) is 0.768. The zero-order valence-corrected chi connectivity index (χ0v) is 11.0. The minimum Gasteiger partial charge on any atom is -0.223 e. The van der Waals surface area contributed by atoms with Crippen LogP contribution >= 0.6 is 0 Å². The molecule has 0 aliphatic carbocycles. The molecule has 0 radical (unpaired) electrons. The summed E-state index contributed by atoms with van der Waals surface area (Å²) < 4.78 is 36.6. The van der Waals surface area contributed by atoms with E-state index in [0.717, 1.165) is 5.56 Å². The van der Waals surface area contributed by atoms with Gasteiger partial charge in [-0.25, -0.2) is 12.8 Å². The second-order valence-electron chi connectivity index (χ2n) is 4.05. The van der Waals surface area contributed by atoms with Gasteiger partial charge in [0.1, 0.15) is 5.82 Å². The maximum atomic E-state index is 12.7. The lowest BCUT2D eigenvalue weighted by Crippen LogP contribution is -2.04. The van der Waals surface area contributed by atoms with E-state index in [0.29, 0.717) is 4.90 Å². The molecule has 0 aliphatic heterocycles. The fourth-order valence-electron chi connectivity index (χ4n) is 1.61. The summed E-state index contributed by atoms with van der Waals surface area (Å²) in [6.45, 7) is 0. The molecule has 0 amide bonds. The summed E-state index contributed by atoms with van der Waals surface area (Å²) in [5, 5.41) is 0. The molecule has 98 valence electrons. The minimum atomic E-state index is -3.30. The van der Waals surface area contributed by atoms with Gasteiger partial charge in [-0.1, -0.05) is 42.5 Å².